The maximum Gasteiger partial charge on any atom is 0.0505 e. The van der Waals surface area contributed by atoms with E-state index < -0.39 is 0 Å². The van der Waals surface area contributed by atoms with E-state index in [4.69, 9.17) is 11.6 Å². The average Bonchev–Trinajstić information content (AvgIpc) is 3.12. The Hall–Kier alpha value is -1.21. The number of allylic oxidation sites excluding steroid dienone is 1. The fraction of sp³-hybridized carbons (Fsp3) is 0.333. The third-order valence-electron chi connectivity index (χ3n) is 3.53. The van der Waals surface area contributed by atoms with E-state index in [1.807, 2.05) is 12.1 Å². The quantitative estimate of drug-likeness (QED) is 0.740. The highest BCUT2D eigenvalue weighted by atomic mass is 35.5. The molecule has 1 aliphatic heterocycles. The molecule has 0 atom stereocenters. The minimum absolute atomic E-state index is 0.651. The molecule has 88 valence electrons. The minimum Gasteiger partial charge on any atom is -0.342 e. The van der Waals surface area contributed by atoms with Gasteiger partial charge >= 0.3 is 0 Å². The van der Waals surface area contributed by atoms with Crippen LogP contribution in [0.1, 0.15) is 37.3 Å². The largest absolute Gasteiger partial charge is 0.342 e. The number of hydrogen-bond acceptors (Lipinski definition) is 1. The molecular weight excluding hydrogens is 230 g/mol. The van der Waals surface area contributed by atoms with Gasteiger partial charge in [-0.25, -0.2) is 0 Å². The Morgan fingerprint density at radius 1 is 1.41 bits per heavy atom. The second-order valence-electron chi connectivity index (χ2n) is 4.74. The summed E-state index contributed by atoms with van der Waals surface area (Å²) in [6.45, 7) is 6.46. The second kappa shape index (κ2) is 3.92. The van der Waals surface area contributed by atoms with Gasteiger partial charge in [0.15, 0.2) is 0 Å². The molecule has 1 aliphatic carbocycles. The first-order chi connectivity index (χ1) is 8.22. The van der Waals surface area contributed by atoms with Crippen LogP contribution in [0.4, 0.5) is 0 Å². The zero-order chi connectivity index (χ0) is 12.0. The lowest BCUT2D eigenvalue weighted by Gasteiger charge is -2.34. The Morgan fingerprint density at radius 3 is 2.82 bits per heavy atom. The Morgan fingerprint density at radius 2 is 2.18 bits per heavy atom. The summed E-state index contributed by atoms with van der Waals surface area (Å²) in [6.07, 6.45) is 5.85. The van der Waals surface area contributed by atoms with Gasteiger partial charge in [-0.1, -0.05) is 37.2 Å². The highest BCUT2D eigenvalue weighted by Gasteiger charge is 2.34. The van der Waals surface area contributed by atoms with Gasteiger partial charge < -0.3 is 4.90 Å². The monoisotopic (exact) mass is 245 g/mol. The molecule has 0 unspecified atom stereocenters. The Balaban J connectivity index is 2.15. The van der Waals surface area contributed by atoms with Crippen molar-refractivity contribution in [3.05, 3.63) is 46.6 Å². The molecule has 1 heterocycles. The topological polar surface area (TPSA) is 3.24 Å². The lowest BCUT2D eigenvalue weighted by atomic mass is 9.97. The first-order valence-corrected chi connectivity index (χ1v) is 6.57. The van der Waals surface area contributed by atoms with Gasteiger partial charge in [-0.3, -0.25) is 0 Å². The minimum atomic E-state index is 0.651. The normalized spacial score (nSPS) is 19.1. The molecule has 1 nitrogen and oxygen atoms in total. The van der Waals surface area contributed by atoms with E-state index in [-0.39, 0.29) is 0 Å². The lowest BCUT2D eigenvalue weighted by molar-refractivity contribution is 0.465. The molecule has 3 rings (SSSR count). The van der Waals surface area contributed by atoms with E-state index in [0.29, 0.717) is 6.04 Å². The van der Waals surface area contributed by atoms with Crippen molar-refractivity contribution in [3.63, 3.8) is 0 Å². The van der Waals surface area contributed by atoms with E-state index in [1.54, 1.807) is 0 Å². The van der Waals surface area contributed by atoms with Gasteiger partial charge in [0.2, 0.25) is 0 Å². The van der Waals surface area contributed by atoms with Crippen LogP contribution < -0.4 is 0 Å². The SMILES string of the molecule is C=C1c2c(Cl)cccc2C=C(CC)N1C1CC1. The second-order valence-corrected chi connectivity index (χ2v) is 5.15. The molecule has 0 radical (unpaired) electrons. The summed E-state index contributed by atoms with van der Waals surface area (Å²) >= 11 is 6.30. The van der Waals surface area contributed by atoms with Crippen LogP contribution in [-0.2, 0) is 0 Å². The van der Waals surface area contributed by atoms with Gasteiger partial charge in [0.05, 0.1) is 5.02 Å². The lowest BCUT2D eigenvalue weighted by Crippen LogP contribution is -2.26. The fourth-order valence-corrected chi connectivity index (χ4v) is 2.86. The summed E-state index contributed by atoms with van der Waals surface area (Å²) < 4.78 is 0. The van der Waals surface area contributed by atoms with Gasteiger partial charge in [0, 0.05) is 23.0 Å². The molecule has 0 bridgehead atoms. The van der Waals surface area contributed by atoms with Crippen LogP contribution >= 0.6 is 11.6 Å². The molecule has 1 saturated carbocycles. The van der Waals surface area contributed by atoms with Crippen LogP contribution in [0.3, 0.4) is 0 Å². The molecule has 17 heavy (non-hydrogen) atoms. The maximum absolute atomic E-state index is 6.30. The number of fused-ring (bicyclic) bond motifs is 1. The predicted octanol–water partition coefficient (Wildman–Crippen LogP) is 4.54. The summed E-state index contributed by atoms with van der Waals surface area (Å²) in [7, 11) is 0. The molecular formula is C15H16ClN. The standard InChI is InChI=1S/C15H16ClN/c1-3-12-9-11-5-4-6-14(16)15(11)10(2)17(12)13-7-8-13/h4-6,9,13H,2-3,7-8H2,1H3. The molecule has 1 fully saturated rings. The number of halogens is 1. The summed E-state index contributed by atoms with van der Waals surface area (Å²) in [6, 6.07) is 6.72. The molecule has 0 amide bonds. The predicted molar refractivity (Wildman–Crippen MR) is 73.6 cm³/mol. The van der Waals surface area contributed by atoms with Gasteiger partial charge in [-0.15, -0.1) is 0 Å². The van der Waals surface area contributed by atoms with Crippen LogP contribution in [-0.4, -0.2) is 10.9 Å². The third kappa shape index (κ3) is 1.69. The van der Waals surface area contributed by atoms with E-state index in [0.717, 1.165) is 22.7 Å². The highest BCUT2D eigenvalue weighted by molar-refractivity contribution is 6.32. The Bertz CT molecular complexity index is 512. The average molecular weight is 246 g/mol. The van der Waals surface area contributed by atoms with Crippen molar-refractivity contribution in [2.75, 3.05) is 0 Å². The highest BCUT2D eigenvalue weighted by Crippen LogP contribution is 2.43. The van der Waals surface area contributed by atoms with Gasteiger partial charge in [0.1, 0.15) is 0 Å². The van der Waals surface area contributed by atoms with Gasteiger partial charge in [0.25, 0.3) is 0 Å². The first kappa shape index (κ1) is 10.9. The zero-order valence-electron chi connectivity index (χ0n) is 10.0. The van der Waals surface area contributed by atoms with Crippen LogP contribution in [0.25, 0.3) is 11.8 Å². The van der Waals surface area contributed by atoms with E-state index in [1.165, 1.54) is 24.1 Å². The van der Waals surface area contributed by atoms with Crippen molar-refractivity contribution in [3.8, 4) is 0 Å². The van der Waals surface area contributed by atoms with E-state index >= 15 is 0 Å². The van der Waals surface area contributed by atoms with Crippen molar-refractivity contribution in [1.29, 1.82) is 0 Å². The zero-order valence-corrected chi connectivity index (χ0v) is 10.8. The summed E-state index contributed by atoms with van der Waals surface area (Å²) in [4.78, 5) is 2.38. The summed E-state index contributed by atoms with van der Waals surface area (Å²) in [5, 5.41) is 0.810. The molecule has 0 N–H and O–H groups in total. The number of hydrogen-bond donors (Lipinski definition) is 0. The first-order valence-electron chi connectivity index (χ1n) is 6.20. The van der Waals surface area contributed by atoms with Crippen LogP contribution in [0.15, 0.2) is 30.5 Å². The van der Waals surface area contributed by atoms with Crippen molar-refractivity contribution in [1.82, 2.24) is 4.90 Å². The maximum atomic E-state index is 6.30. The molecule has 1 aromatic carbocycles. The van der Waals surface area contributed by atoms with Gasteiger partial charge in [-0.2, -0.15) is 0 Å². The van der Waals surface area contributed by atoms with Crippen LogP contribution in [0.5, 0.6) is 0 Å². The molecule has 0 aromatic heterocycles. The smallest absolute Gasteiger partial charge is 0.0505 e. The number of benzene rings is 1. The Kier molecular flexibility index (Phi) is 2.52. The van der Waals surface area contributed by atoms with E-state index in [9.17, 15) is 0 Å². The number of rotatable bonds is 2. The van der Waals surface area contributed by atoms with Gasteiger partial charge in [-0.05, 0) is 37.0 Å². The third-order valence-corrected chi connectivity index (χ3v) is 3.85. The fourth-order valence-electron chi connectivity index (χ4n) is 2.57. The van der Waals surface area contributed by atoms with Crippen molar-refractivity contribution < 1.29 is 0 Å². The van der Waals surface area contributed by atoms with Crippen LogP contribution in [0.2, 0.25) is 5.02 Å². The molecule has 1 aromatic rings. The van der Waals surface area contributed by atoms with Crippen molar-refractivity contribution in [2.24, 2.45) is 0 Å². The molecule has 0 saturated heterocycles. The van der Waals surface area contributed by atoms with Crippen molar-refractivity contribution >= 4 is 23.4 Å². The molecule has 2 aliphatic rings. The van der Waals surface area contributed by atoms with Crippen LogP contribution in [0, 0.1) is 0 Å². The Labute approximate surface area is 107 Å². The molecule has 2 heteroatoms. The summed E-state index contributed by atoms with van der Waals surface area (Å²) in [5.74, 6) is 0. The van der Waals surface area contributed by atoms with Crippen molar-refractivity contribution in [2.45, 2.75) is 32.2 Å². The number of nitrogens with zero attached hydrogens (tertiary/aromatic N) is 1. The molecule has 0 spiro atoms. The van der Waals surface area contributed by atoms with E-state index in [2.05, 4.69) is 30.5 Å². The summed E-state index contributed by atoms with van der Waals surface area (Å²) in [5.41, 5.74) is 4.76.